The maximum Gasteiger partial charge on any atom is 0.137 e. The molecule has 0 unspecified atom stereocenters. The van der Waals surface area contributed by atoms with Gasteiger partial charge in [0.05, 0.1) is 0 Å². The summed E-state index contributed by atoms with van der Waals surface area (Å²) in [5, 5.41) is 0. The summed E-state index contributed by atoms with van der Waals surface area (Å²) in [5.41, 5.74) is 10.3. The zero-order chi connectivity index (χ0) is 11.5. The van der Waals surface area contributed by atoms with Crippen LogP contribution in [0.5, 0.6) is 0 Å². The van der Waals surface area contributed by atoms with Crippen molar-refractivity contribution in [3.05, 3.63) is 41.2 Å². The van der Waals surface area contributed by atoms with E-state index in [1.165, 1.54) is 11.1 Å². The molecule has 3 N–H and O–H groups in total. The molecule has 0 amide bonds. The molecule has 0 bridgehead atoms. The number of hydrogen-bond donors (Lipinski definition) is 2. The summed E-state index contributed by atoms with van der Waals surface area (Å²) in [6.07, 6.45) is 2.70. The molecule has 0 spiro atoms. The van der Waals surface area contributed by atoms with Crippen LogP contribution in [0.1, 0.15) is 16.8 Å². The minimum atomic E-state index is 0.647. The summed E-state index contributed by atoms with van der Waals surface area (Å²) >= 11 is 0. The molecule has 2 aromatic rings. The zero-order valence-corrected chi connectivity index (χ0v) is 9.75. The normalized spacial score (nSPS) is 10.7. The van der Waals surface area contributed by atoms with Gasteiger partial charge < -0.3 is 10.7 Å². The van der Waals surface area contributed by atoms with Crippen molar-refractivity contribution < 1.29 is 0 Å². The Labute approximate surface area is 95.7 Å². The van der Waals surface area contributed by atoms with E-state index in [-0.39, 0.29) is 0 Å². The van der Waals surface area contributed by atoms with Gasteiger partial charge in [0, 0.05) is 23.9 Å². The van der Waals surface area contributed by atoms with Crippen molar-refractivity contribution >= 4 is 0 Å². The van der Waals surface area contributed by atoms with Gasteiger partial charge in [-0.1, -0.05) is 12.1 Å². The van der Waals surface area contributed by atoms with E-state index in [9.17, 15) is 0 Å². The Morgan fingerprint density at radius 2 is 2.06 bits per heavy atom. The number of aromatic amines is 1. The van der Waals surface area contributed by atoms with Crippen LogP contribution in [-0.4, -0.2) is 16.5 Å². The molecule has 0 aliphatic carbocycles. The molecule has 1 aromatic heterocycles. The third-order valence-corrected chi connectivity index (χ3v) is 2.82. The monoisotopic (exact) mass is 215 g/mol. The number of aryl methyl sites for hydroxylation is 2. The van der Waals surface area contributed by atoms with Crippen molar-refractivity contribution in [3.63, 3.8) is 0 Å². The molecule has 16 heavy (non-hydrogen) atoms. The van der Waals surface area contributed by atoms with Crippen molar-refractivity contribution in [2.75, 3.05) is 6.54 Å². The van der Waals surface area contributed by atoms with Gasteiger partial charge in [0.25, 0.3) is 0 Å². The average molecular weight is 215 g/mol. The molecule has 0 aliphatic rings. The lowest BCUT2D eigenvalue weighted by Gasteiger charge is -2.02. The molecule has 0 saturated heterocycles. The first kappa shape index (κ1) is 10.9. The third kappa shape index (κ3) is 2.14. The van der Waals surface area contributed by atoms with Gasteiger partial charge >= 0.3 is 0 Å². The predicted octanol–water partition coefficient (Wildman–Crippen LogP) is 2.19. The average Bonchev–Trinajstić information content (AvgIpc) is 2.71. The van der Waals surface area contributed by atoms with Crippen molar-refractivity contribution in [1.29, 1.82) is 0 Å². The van der Waals surface area contributed by atoms with E-state index in [0.717, 1.165) is 23.5 Å². The first-order chi connectivity index (χ1) is 7.70. The Kier molecular flexibility index (Phi) is 3.06. The molecule has 2 rings (SSSR count). The molecule has 3 nitrogen and oxygen atoms in total. The number of H-pyrrole nitrogens is 1. The number of nitrogens with one attached hydrogen (secondary N) is 1. The van der Waals surface area contributed by atoms with E-state index >= 15 is 0 Å². The Hall–Kier alpha value is -1.61. The smallest absolute Gasteiger partial charge is 0.137 e. The molecule has 3 heteroatoms. The number of aromatic nitrogens is 2. The molecule has 84 valence electrons. The van der Waals surface area contributed by atoms with Crippen LogP contribution in [0.2, 0.25) is 0 Å². The van der Waals surface area contributed by atoms with Crippen LogP contribution in [0.15, 0.2) is 24.4 Å². The molecule has 0 radical (unpaired) electrons. The fourth-order valence-corrected chi connectivity index (χ4v) is 1.68. The van der Waals surface area contributed by atoms with E-state index in [4.69, 9.17) is 5.73 Å². The minimum Gasteiger partial charge on any atom is -0.342 e. The number of nitrogens with zero attached hydrogens (tertiary/aromatic N) is 1. The largest absolute Gasteiger partial charge is 0.342 e. The van der Waals surface area contributed by atoms with E-state index in [0.29, 0.717) is 6.54 Å². The van der Waals surface area contributed by atoms with E-state index in [2.05, 4.69) is 42.0 Å². The van der Waals surface area contributed by atoms with Crippen LogP contribution >= 0.6 is 0 Å². The van der Waals surface area contributed by atoms with Crippen LogP contribution in [0.25, 0.3) is 11.4 Å². The maximum absolute atomic E-state index is 5.50. The lowest BCUT2D eigenvalue weighted by molar-refractivity contribution is 0.936. The van der Waals surface area contributed by atoms with E-state index < -0.39 is 0 Å². The number of rotatable bonds is 3. The highest BCUT2D eigenvalue weighted by atomic mass is 14.9. The molecular weight excluding hydrogens is 198 g/mol. The summed E-state index contributed by atoms with van der Waals surface area (Å²) in [5.74, 6) is 0.923. The second kappa shape index (κ2) is 4.49. The summed E-state index contributed by atoms with van der Waals surface area (Å²) in [7, 11) is 0. The van der Waals surface area contributed by atoms with Gasteiger partial charge in [-0.25, -0.2) is 4.98 Å². The quantitative estimate of drug-likeness (QED) is 0.824. The third-order valence-electron chi connectivity index (χ3n) is 2.82. The van der Waals surface area contributed by atoms with Crippen molar-refractivity contribution in [1.82, 2.24) is 9.97 Å². The SMILES string of the molecule is Cc1ccc(-c2ncc(CCN)[nH]2)cc1C. The van der Waals surface area contributed by atoms with Gasteiger partial charge in [-0.15, -0.1) is 0 Å². The summed E-state index contributed by atoms with van der Waals surface area (Å²) in [6, 6.07) is 6.36. The van der Waals surface area contributed by atoms with Crippen molar-refractivity contribution in [3.8, 4) is 11.4 Å². The van der Waals surface area contributed by atoms with E-state index in [1.807, 2.05) is 6.20 Å². The molecule has 0 atom stereocenters. The number of imidazole rings is 1. The van der Waals surface area contributed by atoms with Gasteiger partial charge in [0.15, 0.2) is 0 Å². The van der Waals surface area contributed by atoms with Crippen molar-refractivity contribution in [2.24, 2.45) is 5.73 Å². The zero-order valence-electron chi connectivity index (χ0n) is 9.75. The topological polar surface area (TPSA) is 54.7 Å². The Morgan fingerprint density at radius 1 is 1.25 bits per heavy atom. The molecule has 1 heterocycles. The first-order valence-corrected chi connectivity index (χ1v) is 5.52. The summed E-state index contributed by atoms with van der Waals surface area (Å²) in [6.45, 7) is 4.87. The minimum absolute atomic E-state index is 0.647. The highest BCUT2D eigenvalue weighted by Gasteiger charge is 2.04. The van der Waals surface area contributed by atoms with Crippen LogP contribution in [0, 0.1) is 13.8 Å². The maximum atomic E-state index is 5.50. The molecule has 0 saturated carbocycles. The molecule has 0 fully saturated rings. The second-order valence-electron chi connectivity index (χ2n) is 4.09. The Bertz CT molecular complexity index is 486. The lowest BCUT2D eigenvalue weighted by atomic mass is 10.1. The second-order valence-corrected chi connectivity index (χ2v) is 4.09. The van der Waals surface area contributed by atoms with Gasteiger partial charge in [-0.2, -0.15) is 0 Å². The molecule has 1 aromatic carbocycles. The van der Waals surface area contributed by atoms with Crippen molar-refractivity contribution in [2.45, 2.75) is 20.3 Å². The number of hydrogen-bond acceptors (Lipinski definition) is 2. The standard InChI is InChI=1S/C13H17N3/c1-9-3-4-11(7-10(9)2)13-15-8-12(16-13)5-6-14/h3-4,7-8H,5-6,14H2,1-2H3,(H,15,16). The first-order valence-electron chi connectivity index (χ1n) is 5.52. The highest BCUT2D eigenvalue weighted by molar-refractivity contribution is 5.57. The predicted molar refractivity (Wildman–Crippen MR) is 66.3 cm³/mol. The molecular formula is C13H17N3. The van der Waals surface area contributed by atoms with Gasteiger partial charge in [-0.3, -0.25) is 0 Å². The van der Waals surface area contributed by atoms with Gasteiger partial charge in [0.2, 0.25) is 0 Å². The van der Waals surface area contributed by atoms with Crippen LogP contribution in [0.3, 0.4) is 0 Å². The van der Waals surface area contributed by atoms with E-state index in [1.54, 1.807) is 0 Å². The van der Waals surface area contributed by atoms with Crippen LogP contribution < -0.4 is 5.73 Å². The fraction of sp³-hybridized carbons (Fsp3) is 0.308. The summed E-state index contributed by atoms with van der Waals surface area (Å²) in [4.78, 5) is 7.65. The highest BCUT2D eigenvalue weighted by Crippen LogP contribution is 2.19. The Balaban J connectivity index is 2.31. The molecule has 0 aliphatic heterocycles. The summed E-state index contributed by atoms with van der Waals surface area (Å²) < 4.78 is 0. The lowest BCUT2D eigenvalue weighted by Crippen LogP contribution is -2.02. The van der Waals surface area contributed by atoms with Gasteiger partial charge in [-0.05, 0) is 37.6 Å². The Morgan fingerprint density at radius 3 is 2.75 bits per heavy atom. The van der Waals surface area contributed by atoms with Crippen LogP contribution in [0.4, 0.5) is 0 Å². The number of nitrogens with two attached hydrogens (primary N) is 1. The number of benzene rings is 1. The van der Waals surface area contributed by atoms with Crippen LogP contribution in [-0.2, 0) is 6.42 Å². The fourth-order valence-electron chi connectivity index (χ4n) is 1.68. The van der Waals surface area contributed by atoms with Gasteiger partial charge in [0.1, 0.15) is 5.82 Å².